The van der Waals surface area contributed by atoms with Crippen LogP contribution >= 0.6 is 0 Å². The first-order chi connectivity index (χ1) is 14.6. The van der Waals surface area contributed by atoms with Gasteiger partial charge < -0.3 is 9.94 Å². The van der Waals surface area contributed by atoms with Crippen molar-refractivity contribution in [2.24, 2.45) is 12.2 Å². The van der Waals surface area contributed by atoms with Crippen LogP contribution in [0.1, 0.15) is 29.9 Å². The van der Waals surface area contributed by atoms with Crippen LogP contribution in [0.4, 0.5) is 10.6 Å². The Kier molecular flexibility index (Phi) is 7.05. The van der Waals surface area contributed by atoms with Gasteiger partial charge in [0.25, 0.3) is 0 Å². The fourth-order valence-corrected chi connectivity index (χ4v) is 2.56. The van der Waals surface area contributed by atoms with Crippen molar-refractivity contribution in [2.45, 2.75) is 19.3 Å². The first-order valence-electron chi connectivity index (χ1n) is 9.09. The minimum atomic E-state index is -1.14. The van der Waals surface area contributed by atoms with Gasteiger partial charge in [-0.1, -0.05) is 47.5 Å². The maximum Gasteiger partial charge on any atom is 0.410 e. The maximum atomic E-state index is 10.7. The number of amides is 1. The van der Waals surface area contributed by atoms with Crippen LogP contribution < -0.4 is 5.32 Å². The predicted octanol–water partition coefficient (Wildman–Crippen LogP) is 2.45. The van der Waals surface area contributed by atoms with Gasteiger partial charge in [0.1, 0.15) is 11.9 Å². The van der Waals surface area contributed by atoms with E-state index in [1.165, 1.54) is 4.68 Å². The molecule has 1 amide bonds. The monoisotopic (exact) mass is 405 g/mol. The molecular weight excluding hydrogens is 386 g/mol. The Labute approximate surface area is 172 Å². The molecule has 2 heterocycles. The summed E-state index contributed by atoms with van der Waals surface area (Å²) < 4.78 is 1.50. The third-order valence-electron chi connectivity index (χ3n) is 3.91. The van der Waals surface area contributed by atoms with E-state index in [-0.39, 0.29) is 0 Å². The number of aromatic nitrogens is 5. The largest absolute Gasteiger partial charge is 0.465 e. The Morgan fingerprint density at radius 2 is 2.07 bits per heavy atom. The van der Waals surface area contributed by atoms with Crippen molar-refractivity contribution < 1.29 is 14.7 Å². The number of oxime groups is 1. The first kappa shape index (κ1) is 20.5. The molecule has 0 aliphatic carbocycles. The standard InChI is InChI=1S/C20H19N7O3/c1-27-19(23-25-26-27)18(15-9-4-2-5-10-15)24-30-14-7-3-6-11-16-12-8-13-17(21-16)22-20(28)29/h2,4-5,8-10,12-13H,3,6,11H2,1H3,(H,21,22)(H,28,29)/b24-18-. The van der Waals surface area contributed by atoms with Gasteiger partial charge in [-0.2, -0.15) is 0 Å². The molecule has 0 spiro atoms. The molecule has 0 saturated heterocycles. The van der Waals surface area contributed by atoms with Crippen LogP contribution in [0.25, 0.3) is 0 Å². The van der Waals surface area contributed by atoms with Crippen molar-refractivity contribution in [1.82, 2.24) is 25.2 Å². The Morgan fingerprint density at radius 1 is 1.23 bits per heavy atom. The summed E-state index contributed by atoms with van der Waals surface area (Å²) >= 11 is 0. The molecule has 0 fully saturated rings. The van der Waals surface area contributed by atoms with Gasteiger partial charge in [0.15, 0.2) is 5.71 Å². The van der Waals surface area contributed by atoms with Crippen LogP contribution in [0.15, 0.2) is 53.7 Å². The Bertz CT molecular complexity index is 1080. The van der Waals surface area contributed by atoms with Gasteiger partial charge in [-0.25, -0.2) is 14.5 Å². The molecule has 3 aromatic rings. The molecule has 0 radical (unpaired) electrons. The average Bonchev–Trinajstić information content (AvgIpc) is 3.16. The van der Waals surface area contributed by atoms with Gasteiger partial charge in [-0.3, -0.25) is 5.32 Å². The molecule has 30 heavy (non-hydrogen) atoms. The molecule has 2 N–H and O–H groups in total. The molecule has 0 atom stereocenters. The number of hydrogen-bond donors (Lipinski definition) is 2. The fraction of sp³-hybridized carbons (Fsp3) is 0.200. The number of aryl methyl sites for hydroxylation is 2. The minimum absolute atomic E-state index is 0.301. The molecule has 0 bridgehead atoms. The summed E-state index contributed by atoms with van der Waals surface area (Å²) in [5.41, 5.74) is 2.06. The van der Waals surface area contributed by atoms with E-state index in [2.05, 4.69) is 43.0 Å². The lowest BCUT2D eigenvalue weighted by atomic mass is 10.1. The van der Waals surface area contributed by atoms with Gasteiger partial charge >= 0.3 is 6.09 Å². The van der Waals surface area contributed by atoms with Crippen LogP contribution in [0.2, 0.25) is 0 Å². The Balaban J connectivity index is 1.56. The van der Waals surface area contributed by atoms with Gasteiger partial charge in [0.05, 0.1) is 0 Å². The zero-order valence-corrected chi connectivity index (χ0v) is 16.2. The summed E-state index contributed by atoms with van der Waals surface area (Å²) in [6.45, 7) is 0. The summed E-state index contributed by atoms with van der Waals surface area (Å²) in [7, 11) is 1.72. The van der Waals surface area contributed by atoms with Crippen LogP contribution in [-0.4, -0.2) is 42.1 Å². The molecule has 0 saturated carbocycles. The van der Waals surface area contributed by atoms with Gasteiger partial charge in [0, 0.05) is 24.7 Å². The summed E-state index contributed by atoms with van der Waals surface area (Å²) in [4.78, 5) is 20.1. The van der Waals surface area contributed by atoms with E-state index >= 15 is 0 Å². The second-order valence-electron chi connectivity index (χ2n) is 6.10. The van der Waals surface area contributed by atoms with E-state index in [0.29, 0.717) is 30.2 Å². The van der Waals surface area contributed by atoms with E-state index in [4.69, 9.17) is 9.94 Å². The van der Waals surface area contributed by atoms with E-state index in [0.717, 1.165) is 17.7 Å². The van der Waals surface area contributed by atoms with E-state index < -0.39 is 6.09 Å². The molecule has 1 aromatic carbocycles. The number of anilines is 1. The van der Waals surface area contributed by atoms with E-state index in [1.807, 2.05) is 36.4 Å². The Morgan fingerprint density at radius 3 is 2.80 bits per heavy atom. The summed E-state index contributed by atoms with van der Waals surface area (Å²) in [5, 5.41) is 26.5. The molecular formula is C20H19N7O3. The van der Waals surface area contributed by atoms with Crippen molar-refractivity contribution in [3.05, 3.63) is 65.6 Å². The number of benzene rings is 1. The topological polar surface area (TPSA) is 127 Å². The molecule has 0 aliphatic heterocycles. The molecule has 2 aromatic heterocycles. The molecule has 10 nitrogen and oxygen atoms in total. The normalized spacial score (nSPS) is 10.8. The number of nitrogens with one attached hydrogen (secondary N) is 1. The van der Waals surface area contributed by atoms with E-state index in [1.54, 1.807) is 19.2 Å². The van der Waals surface area contributed by atoms with Crippen molar-refractivity contribution in [1.29, 1.82) is 0 Å². The second-order valence-corrected chi connectivity index (χ2v) is 6.10. The molecule has 152 valence electrons. The highest BCUT2D eigenvalue weighted by atomic mass is 16.6. The quantitative estimate of drug-likeness (QED) is 0.267. The third-order valence-corrected chi connectivity index (χ3v) is 3.91. The van der Waals surface area contributed by atoms with Crippen LogP contribution in [-0.2, 0) is 18.3 Å². The maximum absolute atomic E-state index is 10.7. The smallest absolute Gasteiger partial charge is 0.410 e. The number of unbranched alkanes of at least 4 members (excludes halogenated alkanes) is 1. The molecule has 0 aliphatic rings. The number of pyridine rings is 1. The number of nitrogens with zero attached hydrogens (tertiary/aromatic N) is 6. The van der Waals surface area contributed by atoms with Crippen LogP contribution in [0.5, 0.6) is 0 Å². The summed E-state index contributed by atoms with van der Waals surface area (Å²) in [6, 6.07) is 14.6. The average molecular weight is 405 g/mol. The Hall–Kier alpha value is -4.26. The fourth-order valence-electron chi connectivity index (χ4n) is 2.56. The highest BCUT2D eigenvalue weighted by Crippen LogP contribution is 2.09. The lowest BCUT2D eigenvalue weighted by molar-refractivity contribution is 0.209. The SMILES string of the molecule is Cn1nnnc1/C(=N\OC#CCCCc1cccc(NC(=O)O)n1)c1ccccc1. The third kappa shape index (κ3) is 5.87. The van der Waals surface area contributed by atoms with Crippen LogP contribution in [0, 0.1) is 12.0 Å². The summed E-state index contributed by atoms with van der Waals surface area (Å²) in [5.74, 6) is 3.66. The second kappa shape index (κ2) is 10.3. The predicted molar refractivity (Wildman–Crippen MR) is 109 cm³/mol. The van der Waals surface area contributed by atoms with E-state index in [9.17, 15) is 4.79 Å². The van der Waals surface area contributed by atoms with Gasteiger partial charge in [-0.15, -0.1) is 5.10 Å². The molecule has 3 rings (SSSR count). The highest BCUT2D eigenvalue weighted by Gasteiger charge is 2.14. The zero-order chi connectivity index (χ0) is 21.2. The minimum Gasteiger partial charge on any atom is -0.465 e. The van der Waals surface area contributed by atoms with Crippen LogP contribution in [0.3, 0.4) is 0 Å². The van der Waals surface area contributed by atoms with Crippen molar-refractivity contribution in [3.63, 3.8) is 0 Å². The lowest BCUT2D eigenvalue weighted by Crippen LogP contribution is -2.11. The zero-order valence-electron chi connectivity index (χ0n) is 16.2. The number of carbonyl (C=O) groups is 1. The highest BCUT2D eigenvalue weighted by molar-refractivity contribution is 6.10. The number of carboxylic acid groups (broad SMARTS) is 1. The van der Waals surface area contributed by atoms with Crippen molar-refractivity contribution >= 4 is 17.6 Å². The number of hydrogen-bond acceptors (Lipinski definition) is 7. The lowest BCUT2D eigenvalue weighted by Gasteiger charge is -2.03. The van der Waals surface area contributed by atoms with Gasteiger partial charge in [0.2, 0.25) is 5.82 Å². The molecule has 10 heteroatoms. The molecule has 0 unspecified atom stereocenters. The number of rotatable bonds is 7. The van der Waals surface area contributed by atoms with Gasteiger partial charge in [-0.05, 0) is 35.4 Å². The summed E-state index contributed by atoms with van der Waals surface area (Å²) in [6.07, 6.45) is 3.39. The number of tetrazole rings is 1. The van der Waals surface area contributed by atoms with Crippen molar-refractivity contribution in [3.8, 4) is 12.0 Å². The first-order valence-corrected chi connectivity index (χ1v) is 9.09. The van der Waals surface area contributed by atoms with Crippen molar-refractivity contribution in [2.75, 3.05) is 5.32 Å².